The maximum absolute atomic E-state index is 12.0. The molecular weight excluding hydrogens is 306 g/mol. The number of carbonyl (C=O) groups excluding carboxylic acids is 1. The fourth-order valence-corrected chi connectivity index (χ4v) is 2.06. The topological polar surface area (TPSA) is 49.3 Å². The molecule has 0 aliphatic heterocycles. The van der Waals surface area contributed by atoms with Gasteiger partial charge in [-0.15, -0.1) is 0 Å². The third-order valence-corrected chi connectivity index (χ3v) is 3.65. The molecule has 98 valence electrons. The van der Waals surface area contributed by atoms with Gasteiger partial charge in [-0.3, -0.25) is 4.79 Å². The van der Waals surface area contributed by atoms with Crippen LogP contribution in [-0.4, -0.2) is 11.0 Å². The number of phenols is 1. The van der Waals surface area contributed by atoms with Crippen LogP contribution in [0.3, 0.4) is 0 Å². The second kappa shape index (κ2) is 5.89. The summed E-state index contributed by atoms with van der Waals surface area (Å²) >= 11 is 3.41. The van der Waals surface area contributed by atoms with Crippen molar-refractivity contribution in [3.8, 4) is 5.75 Å². The standard InChI is InChI=1S/C15H14BrNO2/c1-10-5-6-12(8-14(10)16)15(19)17-9-11-3-2-4-13(18)7-11/h2-8,18H,9H2,1H3,(H,17,19). The van der Waals surface area contributed by atoms with Gasteiger partial charge in [0.1, 0.15) is 5.75 Å². The lowest BCUT2D eigenvalue weighted by molar-refractivity contribution is 0.0951. The number of aromatic hydroxyl groups is 1. The van der Waals surface area contributed by atoms with Gasteiger partial charge in [-0.1, -0.05) is 34.1 Å². The number of halogens is 1. The molecule has 19 heavy (non-hydrogen) atoms. The lowest BCUT2D eigenvalue weighted by Crippen LogP contribution is -2.22. The molecule has 3 nitrogen and oxygen atoms in total. The van der Waals surface area contributed by atoms with Gasteiger partial charge in [0.15, 0.2) is 0 Å². The first-order valence-electron chi connectivity index (χ1n) is 5.88. The zero-order valence-corrected chi connectivity index (χ0v) is 12.1. The number of nitrogens with one attached hydrogen (secondary N) is 1. The summed E-state index contributed by atoms with van der Waals surface area (Å²) in [4.78, 5) is 12.0. The van der Waals surface area contributed by atoms with E-state index in [-0.39, 0.29) is 11.7 Å². The Balaban J connectivity index is 2.03. The predicted molar refractivity (Wildman–Crippen MR) is 78.2 cm³/mol. The van der Waals surface area contributed by atoms with E-state index < -0.39 is 0 Å². The highest BCUT2D eigenvalue weighted by molar-refractivity contribution is 9.10. The highest BCUT2D eigenvalue weighted by Crippen LogP contribution is 2.17. The van der Waals surface area contributed by atoms with E-state index in [1.54, 1.807) is 30.3 Å². The fourth-order valence-electron chi connectivity index (χ4n) is 1.68. The largest absolute Gasteiger partial charge is 0.508 e. The van der Waals surface area contributed by atoms with Crippen LogP contribution >= 0.6 is 15.9 Å². The molecule has 0 saturated carbocycles. The van der Waals surface area contributed by atoms with Gasteiger partial charge in [0.2, 0.25) is 0 Å². The number of benzene rings is 2. The van der Waals surface area contributed by atoms with Crippen LogP contribution in [0.4, 0.5) is 0 Å². The van der Waals surface area contributed by atoms with Gasteiger partial charge in [-0.2, -0.15) is 0 Å². The van der Waals surface area contributed by atoms with E-state index in [1.807, 2.05) is 19.1 Å². The summed E-state index contributed by atoms with van der Waals surface area (Å²) in [6, 6.07) is 12.3. The molecule has 0 aliphatic carbocycles. The summed E-state index contributed by atoms with van der Waals surface area (Å²) in [6.07, 6.45) is 0. The van der Waals surface area contributed by atoms with Gasteiger partial charge in [-0.25, -0.2) is 0 Å². The number of carbonyl (C=O) groups is 1. The van der Waals surface area contributed by atoms with Gasteiger partial charge in [0.25, 0.3) is 5.91 Å². The number of hydrogen-bond acceptors (Lipinski definition) is 2. The van der Waals surface area contributed by atoms with Crippen molar-refractivity contribution in [3.05, 3.63) is 63.6 Å². The van der Waals surface area contributed by atoms with Crippen LogP contribution in [0.2, 0.25) is 0 Å². The van der Waals surface area contributed by atoms with Crippen molar-refractivity contribution in [2.45, 2.75) is 13.5 Å². The smallest absolute Gasteiger partial charge is 0.251 e. The highest BCUT2D eigenvalue weighted by atomic mass is 79.9. The third kappa shape index (κ3) is 3.58. The van der Waals surface area contributed by atoms with E-state index in [9.17, 15) is 9.90 Å². The Morgan fingerprint density at radius 2 is 2.05 bits per heavy atom. The van der Waals surface area contributed by atoms with Crippen LogP contribution in [0.25, 0.3) is 0 Å². The first-order chi connectivity index (χ1) is 9.06. The lowest BCUT2D eigenvalue weighted by Gasteiger charge is -2.07. The minimum atomic E-state index is -0.135. The van der Waals surface area contributed by atoms with Crippen molar-refractivity contribution < 1.29 is 9.90 Å². The Kier molecular flexibility index (Phi) is 4.22. The molecule has 2 N–H and O–H groups in total. The zero-order valence-electron chi connectivity index (χ0n) is 10.5. The molecule has 0 atom stereocenters. The first-order valence-corrected chi connectivity index (χ1v) is 6.68. The summed E-state index contributed by atoms with van der Waals surface area (Å²) in [6.45, 7) is 2.36. The van der Waals surface area contributed by atoms with E-state index in [4.69, 9.17) is 0 Å². The maximum Gasteiger partial charge on any atom is 0.251 e. The van der Waals surface area contributed by atoms with Crippen molar-refractivity contribution in [1.82, 2.24) is 5.32 Å². The molecule has 0 heterocycles. The molecule has 2 rings (SSSR count). The summed E-state index contributed by atoms with van der Waals surface area (Å²) in [5, 5.41) is 12.2. The van der Waals surface area contributed by atoms with E-state index in [2.05, 4.69) is 21.2 Å². The van der Waals surface area contributed by atoms with Crippen LogP contribution in [-0.2, 0) is 6.54 Å². The van der Waals surface area contributed by atoms with Crippen molar-refractivity contribution in [2.24, 2.45) is 0 Å². The first kappa shape index (κ1) is 13.6. The second-order valence-corrected chi connectivity index (χ2v) is 5.17. The summed E-state index contributed by atoms with van der Waals surface area (Å²) in [7, 11) is 0. The number of amides is 1. The minimum absolute atomic E-state index is 0.135. The van der Waals surface area contributed by atoms with Crippen molar-refractivity contribution in [2.75, 3.05) is 0 Å². The molecule has 4 heteroatoms. The summed E-state index contributed by atoms with van der Waals surface area (Å²) < 4.78 is 0.914. The van der Waals surface area contributed by atoms with Gasteiger partial charge < -0.3 is 10.4 Å². The van der Waals surface area contributed by atoms with Crippen LogP contribution in [0.5, 0.6) is 5.75 Å². The van der Waals surface area contributed by atoms with E-state index in [0.29, 0.717) is 12.1 Å². The molecular formula is C15H14BrNO2. The highest BCUT2D eigenvalue weighted by Gasteiger charge is 2.07. The minimum Gasteiger partial charge on any atom is -0.508 e. The number of phenolic OH excluding ortho intramolecular Hbond substituents is 1. The molecule has 0 bridgehead atoms. The molecule has 0 fully saturated rings. The SMILES string of the molecule is Cc1ccc(C(=O)NCc2cccc(O)c2)cc1Br. The predicted octanol–water partition coefficient (Wildman–Crippen LogP) is 3.39. The summed E-state index contributed by atoms with van der Waals surface area (Å²) in [5.41, 5.74) is 2.56. The number of aryl methyl sites for hydroxylation is 1. The molecule has 1 amide bonds. The molecule has 2 aromatic rings. The molecule has 0 unspecified atom stereocenters. The van der Waals surface area contributed by atoms with Gasteiger partial charge >= 0.3 is 0 Å². The second-order valence-electron chi connectivity index (χ2n) is 4.32. The Labute approximate surface area is 120 Å². The average Bonchev–Trinajstić information content (AvgIpc) is 2.39. The summed E-state index contributed by atoms with van der Waals surface area (Å²) in [5.74, 6) is 0.0638. The number of hydrogen-bond donors (Lipinski definition) is 2. The lowest BCUT2D eigenvalue weighted by atomic mass is 10.1. The molecule has 0 aromatic heterocycles. The maximum atomic E-state index is 12.0. The van der Waals surface area contributed by atoms with Crippen LogP contribution in [0, 0.1) is 6.92 Å². The molecule has 0 aliphatic rings. The monoisotopic (exact) mass is 319 g/mol. The zero-order chi connectivity index (χ0) is 13.8. The van der Waals surface area contributed by atoms with Crippen LogP contribution in [0.1, 0.15) is 21.5 Å². The van der Waals surface area contributed by atoms with E-state index >= 15 is 0 Å². The normalized spacial score (nSPS) is 10.2. The molecule has 0 saturated heterocycles. The Bertz CT molecular complexity index is 611. The fraction of sp³-hybridized carbons (Fsp3) is 0.133. The van der Waals surface area contributed by atoms with Crippen LogP contribution in [0.15, 0.2) is 46.9 Å². The van der Waals surface area contributed by atoms with Gasteiger partial charge in [-0.05, 0) is 42.3 Å². The van der Waals surface area contributed by atoms with E-state index in [0.717, 1.165) is 15.6 Å². The van der Waals surface area contributed by atoms with Crippen molar-refractivity contribution >= 4 is 21.8 Å². The Morgan fingerprint density at radius 3 is 2.74 bits per heavy atom. The van der Waals surface area contributed by atoms with E-state index in [1.165, 1.54) is 0 Å². The van der Waals surface area contributed by atoms with Gasteiger partial charge in [0, 0.05) is 16.6 Å². The number of rotatable bonds is 3. The Hall–Kier alpha value is -1.81. The molecule has 0 spiro atoms. The van der Waals surface area contributed by atoms with Crippen molar-refractivity contribution in [3.63, 3.8) is 0 Å². The molecule has 2 aromatic carbocycles. The average molecular weight is 320 g/mol. The van der Waals surface area contributed by atoms with Crippen LogP contribution < -0.4 is 5.32 Å². The quantitative estimate of drug-likeness (QED) is 0.911. The van der Waals surface area contributed by atoms with Gasteiger partial charge in [0.05, 0.1) is 0 Å². The molecule has 0 radical (unpaired) electrons. The Morgan fingerprint density at radius 1 is 1.26 bits per heavy atom. The third-order valence-electron chi connectivity index (χ3n) is 2.80. The van der Waals surface area contributed by atoms with Crippen molar-refractivity contribution in [1.29, 1.82) is 0 Å².